The summed E-state index contributed by atoms with van der Waals surface area (Å²) < 4.78 is 60.6. The number of amides is 2. The number of halogens is 5. The fraction of sp³-hybridized carbons (Fsp3) is 0.333. The summed E-state index contributed by atoms with van der Waals surface area (Å²) in [6, 6.07) is 8.67. The van der Waals surface area contributed by atoms with Gasteiger partial charge in [0.1, 0.15) is 11.6 Å². The van der Waals surface area contributed by atoms with E-state index in [-0.39, 0.29) is 18.2 Å². The molecular weight excluding hydrogens is 500 g/mol. The van der Waals surface area contributed by atoms with E-state index < -0.39 is 18.2 Å². The monoisotopic (exact) mass is 520 g/mol. The van der Waals surface area contributed by atoms with Gasteiger partial charge >= 0.3 is 12.4 Å². The van der Waals surface area contributed by atoms with Crippen molar-refractivity contribution in [2.45, 2.75) is 6.36 Å². The van der Waals surface area contributed by atoms with Crippen molar-refractivity contribution in [3.63, 3.8) is 0 Å². The molecule has 2 amide bonds. The highest BCUT2D eigenvalue weighted by molar-refractivity contribution is 7.22. The zero-order valence-corrected chi connectivity index (χ0v) is 19.3. The standard InChI is InChI=1S/C21H20F4N4O3S.ClH/c22-14-1-3-15(4-2-14)26-19(30)29(8-7-28-9-11-31-12-10-28)20-27-17-6-5-16(13-18(17)33-20)32-21(23,24)25;/h1-6,13H,7-12H2,(H,26,30);1H. The van der Waals surface area contributed by atoms with Gasteiger partial charge in [0.2, 0.25) is 0 Å². The number of anilines is 2. The number of morpholine rings is 1. The molecule has 1 aromatic heterocycles. The van der Waals surface area contributed by atoms with Gasteiger partial charge in [0.25, 0.3) is 0 Å². The zero-order chi connectivity index (χ0) is 23.4. The van der Waals surface area contributed by atoms with Gasteiger partial charge in [-0.15, -0.1) is 25.6 Å². The molecule has 1 saturated heterocycles. The zero-order valence-electron chi connectivity index (χ0n) is 17.7. The molecule has 13 heteroatoms. The minimum absolute atomic E-state index is 0. The summed E-state index contributed by atoms with van der Waals surface area (Å²) in [6.07, 6.45) is -4.81. The molecule has 2 heterocycles. The Balaban J connectivity index is 0.00000324. The predicted molar refractivity (Wildman–Crippen MR) is 124 cm³/mol. The molecule has 0 atom stereocenters. The number of rotatable bonds is 6. The fourth-order valence-corrected chi connectivity index (χ4v) is 4.30. The largest absolute Gasteiger partial charge is 0.573 e. The Morgan fingerprint density at radius 2 is 1.88 bits per heavy atom. The number of carbonyl (C=O) groups excluding carboxylic acids is 1. The molecule has 0 aliphatic carbocycles. The molecule has 0 bridgehead atoms. The van der Waals surface area contributed by atoms with Gasteiger partial charge in [-0.05, 0) is 36.4 Å². The minimum Gasteiger partial charge on any atom is -0.406 e. The molecule has 0 saturated carbocycles. The highest BCUT2D eigenvalue weighted by Crippen LogP contribution is 2.33. The summed E-state index contributed by atoms with van der Waals surface area (Å²) in [5.74, 6) is -0.791. The van der Waals surface area contributed by atoms with Gasteiger partial charge in [-0.3, -0.25) is 9.80 Å². The maximum atomic E-state index is 13.2. The molecular formula is C21H21ClF4N4O3S. The van der Waals surface area contributed by atoms with Crippen molar-refractivity contribution in [1.82, 2.24) is 9.88 Å². The Kier molecular flexibility index (Phi) is 8.52. The van der Waals surface area contributed by atoms with Gasteiger partial charge in [0, 0.05) is 37.9 Å². The maximum absolute atomic E-state index is 13.2. The van der Waals surface area contributed by atoms with Crippen LogP contribution in [0, 0.1) is 5.82 Å². The number of aromatic nitrogens is 1. The van der Waals surface area contributed by atoms with Gasteiger partial charge in [-0.1, -0.05) is 11.3 Å². The Labute approximate surface area is 202 Å². The van der Waals surface area contributed by atoms with Crippen LogP contribution in [-0.2, 0) is 4.74 Å². The van der Waals surface area contributed by atoms with Crippen molar-refractivity contribution in [1.29, 1.82) is 0 Å². The maximum Gasteiger partial charge on any atom is 0.573 e. The SMILES string of the molecule is Cl.O=C(Nc1ccc(F)cc1)N(CCN1CCOCC1)c1nc2ccc(OC(F)(F)F)cc2s1. The van der Waals surface area contributed by atoms with Crippen LogP contribution in [0.15, 0.2) is 42.5 Å². The van der Waals surface area contributed by atoms with Crippen LogP contribution < -0.4 is 15.0 Å². The fourth-order valence-electron chi connectivity index (χ4n) is 3.28. The number of fused-ring (bicyclic) bond motifs is 1. The van der Waals surface area contributed by atoms with Crippen LogP contribution in [0.1, 0.15) is 0 Å². The average Bonchev–Trinajstić information content (AvgIpc) is 3.18. The molecule has 0 spiro atoms. The number of thiazole rings is 1. The number of carbonyl (C=O) groups is 1. The molecule has 0 unspecified atom stereocenters. The van der Waals surface area contributed by atoms with Gasteiger partial charge in [0.15, 0.2) is 5.13 Å². The van der Waals surface area contributed by atoms with E-state index in [0.717, 1.165) is 24.4 Å². The normalized spacial score (nSPS) is 14.5. The molecule has 7 nitrogen and oxygen atoms in total. The molecule has 1 aliphatic heterocycles. The molecule has 2 aromatic carbocycles. The van der Waals surface area contributed by atoms with Crippen LogP contribution in [0.25, 0.3) is 10.2 Å². The van der Waals surface area contributed by atoms with Crippen LogP contribution >= 0.6 is 23.7 Å². The molecule has 1 aliphatic rings. The van der Waals surface area contributed by atoms with Crippen molar-refractivity contribution in [2.24, 2.45) is 0 Å². The first kappa shape index (κ1) is 25.9. The number of hydrogen-bond donors (Lipinski definition) is 1. The topological polar surface area (TPSA) is 66.9 Å². The Hall–Kier alpha value is -2.67. The number of nitrogens with zero attached hydrogens (tertiary/aromatic N) is 3. The number of benzene rings is 2. The Morgan fingerprint density at radius 1 is 1.18 bits per heavy atom. The summed E-state index contributed by atoms with van der Waals surface area (Å²) in [6.45, 7) is 3.50. The summed E-state index contributed by atoms with van der Waals surface area (Å²) >= 11 is 1.08. The van der Waals surface area contributed by atoms with E-state index in [9.17, 15) is 22.4 Å². The summed E-state index contributed by atoms with van der Waals surface area (Å²) in [5.41, 5.74) is 0.843. The van der Waals surface area contributed by atoms with E-state index in [1.807, 2.05) is 0 Å². The number of urea groups is 1. The first-order valence-electron chi connectivity index (χ1n) is 10.1. The van der Waals surface area contributed by atoms with Crippen LogP contribution in [0.4, 0.5) is 33.2 Å². The number of ether oxygens (including phenoxy) is 2. The van der Waals surface area contributed by atoms with E-state index in [1.54, 1.807) is 0 Å². The predicted octanol–water partition coefficient (Wildman–Crippen LogP) is 5.13. The smallest absolute Gasteiger partial charge is 0.406 e. The third-order valence-electron chi connectivity index (χ3n) is 4.90. The van der Waals surface area contributed by atoms with Crippen molar-refractivity contribution in [2.75, 3.05) is 49.6 Å². The average molecular weight is 521 g/mol. The summed E-state index contributed by atoms with van der Waals surface area (Å²) in [7, 11) is 0. The second-order valence-corrected chi connectivity index (χ2v) is 8.23. The second kappa shape index (κ2) is 11.2. The van der Waals surface area contributed by atoms with Crippen molar-refractivity contribution in [3.05, 3.63) is 48.3 Å². The lowest BCUT2D eigenvalue weighted by Crippen LogP contribution is -2.44. The lowest BCUT2D eigenvalue weighted by molar-refractivity contribution is -0.274. The van der Waals surface area contributed by atoms with E-state index in [2.05, 4.69) is 19.9 Å². The van der Waals surface area contributed by atoms with E-state index >= 15 is 0 Å². The lowest BCUT2D eigenvalue weighted by atomic mass is 10.3. The van der Waals surface area contributed by atoms with Crippen molar-refractivity contribution >= 4 is 50.8 Å². The highest BCUT2D eigenvalue weighted by atomic mass is 35.5. The first-order chi connectivity index (χ1) is 15.8. The third-order valence-corrected chi connectivity index (χ3v) is 5.94. The molecule has 1 N–H and O–H groups in total. The minimum atomic E-state index is -4.81. The van der Waals surface area contributed by atoms with Gasteiger partial charge in [-0.25, -0.2) is 14.2 Å². The Morgan fingerprint density at radius 3 is 2.56 bits per heavy atom. The van der Waals surface area contributed by atoms with Gasteiger partial charge < -0.3 is 14.8 Å². The number of nitrogens with one attached hydrogen (secondary N) is 1. The Bertz CT molecular complexity index is 1110. The van der Waals surface area contributed by atoms with Crippen LogP contribution in [0.2, 0.25) is 0 Å². The molecule has 1 fully saturated rings. The highest BCUT2D eigenvalue weighted by Gasteiger charge is 2.31. The van der Waals surface area contributed by atoms with E-state index in [0.29, 0.717) is 47.3 Å². The van der Waals surface area contributed by atoms with Crippen LogP contribution in [-0.4, -0.2) is 61.7 Å². The molecule has 184 valence electrons. The van der Waals surface area contributed by atoms with E-state index in [1.165, 1.54) is 47.4 Å². The summed E-state index contributed by atoms with van der Waals surface area (Å²) in [4.78, 5) is 21.1. The molecule has 0 radical (unpaired) electrons. The van der Waals surface area contributed by atoms with Gasteiger partial charge in [-0.2, -0.15) is 0 Å². The summed E-state index contributed by atoms with van der Waals surface area (Å²) in [5, 5.41) is 3.03. The second-order valence-electron chi connectivity index (χ2n) is 7.22. The van der Waals surface area contributed by atoms with E-state index in [4.69, 9.17) is 4.74 Å². The molecule has 3 aromatic rings. The first-order valence-corrected chi connectivity index (χ1v) is 10.9. The van der Waals surface area contributed by atoms with Crippen LogP contribution in [0.3, 0.4) is 0 Å². The number of hydrogen-bond acceptors (Lipinski definition) is 6. The molecule has 4 rings (SSSR count). The quantitative estimate of drug-likeness (QED) is 0.457. The van der Waals surface area contributed by atoms with Crippen LogP contribution in [0.5, 0.6) is 5.75 Å². The van der Waals surface area contributed by atoms with Crippen molar-refractivity contribution in [3.8, 4) is 5.75 Å². The van der Waals surface area contributed by atoms with Gasteiger partial charge in [0.05, 0.1) is 23.4 Å². The van der Waals surface area contributed by atoms with Crippen molar-refractivity contribution < 1.29 is 31.8 Å². The number of alkyl halides is 3. The third kappa shape index (κ3) is 6.92. The molecule has 34 heavy (non-hydrogen) atoms. The lowest BCUT2D eigenvalue weighted by Gasteiger charge is -2.29.